The summed E-state index contributed by atoms with van der Waals surface area (Å²) in [5.41, 5.74) is 2.45. The number of benzene rings is 2. The summed E-state index contributed by atoms with van der Waals surface area (Å²) in [5.74, 6) is 0.901. The van der Waals surface area contributed by atoms with Crippen molar-refractivity contribution in [2.24, 2.45) is 0 Å². The Hall–Kier alpha value is -2.79. The molecule has 1 unspecified atom stereocenters. The Labute approximate surface area is 145 Å². The van der Waals surface area contributed by atoms with Crippen molar-refractivity contribution in [3.63, 3.8) is 0 Å². The molecule has 2 heterocycles. The van der Waals surface area contributed by atoms with E-state index in [0.717, 1.165) is 28.7 Å². The van der Waals surface area contributed by atoms with E-state index in [1.807, 2.05) is 48.5 Å². The van der Waals surface area contributed by atoms with Gasteiger partial charge in [-0.25, -0.2) is 0 Å². The predicted molar refractivity (Wildman–Crippen MR) is 93.7 cm³/mol. The molecular formula is C20H19NO4. The van der Waals surface area contributed by atoms with E-state index in [9.17, 15) is 4.79 Å². The highest BCUT2D eigenvalue weighted by atomic mass is 16.5. The number of ether oxygens (including phenoxy) is 2. The molecule has 1 atom stereocenters. The highest BCUT2D eigenvalue weighted by Gasteiger charge is 2.26. The topological polar surface area (TPSA) is 60.7 Å². The van der Waals surface area contributed by atoms with Crippen molar-refractivity contribution in [2.75, 3.05) is 13.7 Å². The van der Waals surface area contributed by atoms with Crippen molar-refractivity contribution in [1.29, 1.82) is 0 Å². The number of furan rings is 1. The van der Waals surface area contributed by atoms with Crippen LogP contribution in [0.15, 0.2) is 52.9 Å². The minimum atomic E-state index is -0.232. The second-order valence-corrected chi connectivity index (χ2v) is 6.04. The lowest BCUT2D eigenvalue weighted by molar-refractivity contribution is 0.0892. The Balaban J connectivity index is 1.66. The van der Waals surface area contributed by atoms with Crippen molar-refractivity contribution < 1.29 is 18.7 Å². The quantitative estimate of drug-likeness (QED) is 0.786. The average Bonchev–Trinajstić information content (AvgIpc) is 3.01. The molecule has 0 fully saturated rings. The normalized spacial score (nSPS) is 16.3. The standard InChI is InChI=1S/C20H19NO4/c1-23-12-15-13-6-2-5-9-18(13)25-19(15)20(22)21-16-10-11-24-17-8-4-3-7-14(16)17/h2-9,16H,10-12H2,1H3,(H,21,22). The number of hydrogen-bond acceptors (Lipinski definition) is 4. The zero-order valence-electron chi connectivity index (χ0n) is 14.0. The third kappa shape index (κ3) is 2.87. The Morgan fingerprint density at radius 1 is 1.20 bits per heavy atom. The smallest absolute Gasteiger partial charge is 0.287 e. The first-order valence-corrected chi connectivity index (χ1v) is 8.30. The van der Waals surface area contributed by atoms with E-state index in [2.05, 4.69) is 5.32 Å². The van der Waals surface area contributed by atoms with Gasteiger partial charge < -0.3 is 19.2 Å². The second-order valence-electron chi connectivity index (χ2n) is 6.04. The maximum atomic E-state index is 12.9. The Bertz CT molecular complexity index is 915. The molecule has 128 valence electrons. The number of carbonyl (C=O) groups excluding carboxylic acids is 1. The molecule has 2 aromatic carbocycles. The maximum Gasteiger partial charge on any atom is 0.287 e. The summed E-state index contributed by atoms with van der Waals surface area (Å²) in [6.07, 6.45) is 0.725. The third-order valence-electron chi connectivity index (χ3n) is 4.46. The van der Waals surface area contributed by atoms with Gasteiger partial charge in [-0.15, -0.1) is 0 Å². The molecule has 0 radical (unpaired) electrons. The molecule has 1 aliphatic rings. The molecule has 0 aliphatic carbocycles. The molecule has 4 rings (SSSR count). The fourth-order valence-corrected chi connectivity index (χ4v) is 3.29. The van der Waals surface area contributed by atoms with Crippen molar-refractivity contribution in [3.05, 3.63) is 65.4 Å². The highest BCUT2D eigenvalue weighted by molar-refractivity contribution is 5.99. The molecule has 0 bridgehead atoms. The summed E-state index contributed by atoms with van der Waals surface area (Å²) >= 11 is 0. The SMILES string of the molecule is COCc1c(C(=O)NC2CCOc3ccccc32)oc2ccccc12. The van der Waals surface area contributed by atoms with Crippen molar-refractivity contribution in [1.82, 2.24) is 5.32 Å². The summed E-state index contributed by atoms with van der Waals surface area (Å²) in [6.45, 7) is 0.900. The van der Waals surface area contributed by atoms with Crippen LogP contribution in [0.5, 0.6) is 5.75 Å². The van der Waals surface area contributed by atoms with Crippen LogP contribution < -0.4 is 10.1 Å². The Morgan fingerprint density at radius 3 is 2.88 bits per heavy atom. The highest BCUT2D eigenvalue weighted by Crippen LogP contribution is 2.32. The van der Waals surface area contributed by atoms with Crippen LogP contribution in [-0.4, -0.2) is 19.6 Å². The molecule has 1 N–H and O–H groups in total. The molecule has 0 spiro atoms. The Morgan fingerprint density at radius 2 is 2.00 bits per heavy atom. The number of nitrogens with one attached hydrogen (secondary N) is 1. The van der Waals surface area contributed by atoms with Crippen LogP contribution in [0.25, 0.3) is 11.0 Å². The first-order valence-electron chi connectivity index (χ1n) is 8.30. The first-order chi connectivity index (χ1) is 12.3. The number of fused-ring (bicyclic) bond motifs is 2. The molecule has 1 amide bonds. The number of rotatable bonds is 4. The molecule has 5 heteroatoms. The van der Waals surface area contributed by atoms with Gasteiger partial charge in [-0.05, 0) is 12.1 Å². The van der Waals surface area contributed by atoms with Gasteiger partial charge in [-0.1, -0.05) is 36.4 Å². The fraction of sp³-hybridized carbons (Fsp3) is 0.250. The molecule has 0 saturated heterocycles. The van der Waals surface area contributed by atoms with Gasteiger partial charge in [0.25, 0.3) is 5.91 Å². The van der Waals surface area contributed by atoms with E-state index in [4.69, 9.17) is 13.9 Å². The predicted octanol–water partition coefficient (Wildman–Crippen LogP) is 3.83. The van der Waals surface area contributed by atoms with Crippen LogP contribution in [0, 0.1) is 0 Å². The maximum absolute atomic E-state index is 12.9. The average molecular weight is 337 g/mol. The van der Waals surface area contributed by atoms with Gasteiger partial charge in [0.1, 0.15) is 11.3 Å². The van der Waals surface area contributed by atoms with Gasteiger partial charge in [-0.3, -0.25) is 4.79 Å². The first kappa shape index (κ1) is 15.7. The minimum Gasteiger partial charge on any atom is -0.493 e. The van der Waals surface area contributed by atoms with E-state index in [1.54, 1.807) is 7.11 Å². The summed E-state index contributed by atoms with van der Waals surface area (Å²) < 4.78 is 16.7. The number of amides is 1. The number of hydrogen-bond donors (Lipinski definition) is 1. The third-order valence-corrected chi connectivity index (χ3v) is 4.46. The van der Waals surface area contributed by atoms with Gasteiger partial charge in [0.2, 0.25) is 0 Å². The van der Waals surface area contributed by atoms with E-state index < -0.39 is 0 Å². The number of methoxy groups -OCH3 is 1. The molecule has 1 aromatic heterocycles. The Kier molecular flexibility index (Phi) is 4.15. The molecule has 5 nitrogen and oxygen atoms in total. The van der Waals surface area contributed by atoms with Gasteiger partial charge in [0, 0.05) is 30.0 Å². The molecular weight excluding hydrogens is 318 g/mol. The van der Waals surface area contributed by atoms with Crippen LogP contribution in [0.2, 0.25) is 0 Å². The molecule has 0 saturated carbocycles. The number of carbonyl (C=O) groups is 1. The van der Waals surface area contributed by atoms with E-state index in [0.29, 0.717) is 24.6 Å². The molecule has 3 aromatic rings. The van der Waals surface area contributed by atoms with Crippen LogP contribution in [0.4, 0.5) is 0 Å². The van der Waals surface area contributed by atoms with E-state index >= 15 is 0 Å². The number of para-hydroxylation sites is 2. The monoisotopic (exact) mass is 337 g/mol. The fourth-order valence-electron chi connectivity index (χ4n) is 3.29. The molecule has 25 heavy (non-hydrogen) atoms. The van der Waals surface area contributed by atoms with Crippen molar-refractivity contribution in [3.8, 4) is 5.75 Å². The van der Waals surface area contributed by atoms with Gasteiger partial charge in [0.15, 0.2) is 5.76 Å². The summed E-state index contributed by atoms with van der Waals surface area (Å²) in [7, 11) is 1.61. The zero-order chi connectivity index (χ0) is 17.2. The zero-order valence-corrected chi connectivity index (χ0v) is 14.0. The van der Waals surface area contributed by atoms with Crippen LogP contribution in [0.1, 0.15) is 34.1 Å². The van der Waals surface area contributed by atoms with Crippen molar-refractivity contribution >= 4 is 16.9 Å². The lowest BCUT2D eigenvalue weighted by atomic mass is 10.0. The van der Waals surface area contributed by atoms with Gasteiger partial charge in [0.05, 0.1) is 19.3 Å². The van der Waals surface area contributed by atoms with Crippen LogP contribution >= 0.6 is 0 Å². The largest absolute Gasteiger partial charge is 0.493 e. The van der Waals surface area contributed by atoms with Gasteiger partial charge >= 0.3 is 0 Å². The van der Waals surface area contributed by atoms with Crippen LogP contribution in [-0.2, 0) is 11.3 Å². The lowest BCUT2D eigenvalue weighted by Crippen LogP contribution is -2.32. The molecule has 1 aliphatic heterocycles. The lowest BCUT2D eigenvalue weighted by Gasteiger charge is -2.26. The summed E-state index contributed by atoms with van der Waals surface area (Å²) in [6, 6.07) is 15.3. The van der Waals surface area contributed by atoms with Gasteiger partial charge in [-0.2, -0.15) is 0 Å². The van der Waals surface area contributed by atoms with E-state index in [1.165, 1.54) is 0 Å². The van der Waals surface area contributed by atoms with Crippen molar-refractivity contribution in [2.45, 2.75) is 19.1 Å². The van der Waals surface area contributed by atoms with E-state index in [-0.39, 0.29) is 11.9 Å². The minimum absolute atomic E-state index is 0.0962. The second kappa shape index (κ2) is 6.61. The summed E-state index contributed by atoms with van der Waals surface area (Å²) in [4.78, 5) is 12.9. The summed E-state index contributed by atoms with van der Waals surface area (Å²) in [5, 5.41) is 3.99. The van der Waals surface area contributed by atoms with Crippen LogP contribution in [0.3, 0.4) is 0 Å².